The molecule has 1 aliphatic carbocycles. The zero-order chi connectivity index (χ0) is 16.1. The van der Waals surface area contributed by atoms with Gasteiger partial charge in [0.25, 0.3) is 0 Å². The van der Waals surface area contributed by atoms with Crippen molar-refractivity contribution in [3.8, 4) is 0 Å². The maximum absolute atomic E-state index is 11.3. The average Bonchev–Trinajstić information content (AvgIpc) is 2.88. The first-order chi connectivity index (χ1) is 10.5. The second-order valence-corrected chi connectivity index (χ2v) is 6.04. The molecule has 2 rings (SSSR count). The van der Waals surface area contributed by atoms with E-state index in [1.54, 1.807) is 0 Å². The van der Waals surface area contributed by atoms with Crippen molar-refractivity contribution in [2.75, 3.05) is 0 Å². The molecular weight excluding hydrogens is 286 g/mol. The van der Waals surface area contributed by atoms with E-state index in [2.05, 4.69) is 17.2 Å². The highest BCUT2D eigenvalue weighted by Gasteiger charge is 2.30. The van der Waals surface area contributed by atoms with E-state index in [1.165, 1.54) is 23.9 Å². The van der Waals surface area contributed by atoms with Gasteiger partial charge in [0.15, 0.2) is 5.69 Å². The van der Waals surface area contributed by atoms with Crippen LogP contribution in [0.15, 0.2) is 0 Å². The van der Waals surface area contributed by atoms with Gasteiger partial charge in [-0.3, -0.25) is 4.79 Å². The Morgan fingerprint density at radius 3 is 2.45 bits per heavy atom. The van der Waals surface area contributed by atoms with Gasteiger partial charge in [0.05, 0.1) is 5.69 Å². The summed E-state index contributed by atoms with van der Waals surface area (Å²) in [4.78, 5) is 22.2. The van der Waals surface area contributed by atoms with E-state index in [0.717, 1.165) is 25.7 Å². The number of carboxylic acid groups (broad SMARTS) is 2. The van der Waals surface area contributed by atoms with Crippen molar-refractivity contribution in [2.45, 2.75) is 64.3 Å². The third-order valence-electron chi connectivity index (χ3n) is 4.46. The van der Waals surface area contributed by atoms with Gasteiger partial charge in [-0.1, -0.05) is 31.4 Å². The van der Waals surface area contributed by atoms with Crippen LogP contribution in [0.3, 0.4) is 0 Å². The summed E-state index contributed by atoms with van der Waals surface area (Å²) in [5.74, 6) is -1.44. The Morgan fingerprint density at radius 1 is 1.23 bits per heavy atom. The van der Waals surface area contributed by atoms with E-state index in [0.29, 0.717) is 11.6 Å². The first kappa shape index (κ1) is 16.5. The monoisotopic (exact) mass is 309 g/mol. The number of aromatic carboxylic acids is 1. The molecule has 0 saturated heterocycles. The number of aromatic nitrogens is 3. The smallest absolute Gasteiger partial charge is 0.358 e. The summed E-state index contributed by atoms with van der Waals surface area (Å²) < 4.78 is 1.24. The second-order valence-electron chi connectivity index (χ2n) is 6.04. The summed E-state index contributed by atoms with van der Waals surface area (Å²) in [5, 5.41) is 25.6. The fraction of sp³-hybridized carbons (Fsp3) is 0.733. The fourth-order valence-corrected chi connectivity index (χ4v) is 3.34. The fourth-order valence-electron chi connectivity index (χ4n) is 3.34. The highest BCUT2D eigenvalue weighted by atomic mass is 16.4. The number of hydrogen-bond acceptors (Lipinski definition) is 4. The maximum Gasteiger partial charge on any atom is 0.358 e. The van der Waals surface area contributed by atoms with Gasteiger partial charge in [0, 0.05) is 5.92 Å². The lowest BCUT2D eigenvalue weighted by Crippen LogP contribution is -2.21. The van der Waals surface area contributed by atoms with Crippen LogP contribution in [0.25, 0.3) is 0 Å². The minimum atomic E-state index is -1.14. The van der Waals surface area contributed by atoms with Crippen molar-refractivity contribution in [1.29, 1.82) is 0 Å². The predicted octanol–water partition coefficient (Wildman–Crippen LogP) is 2.52. The standard InChI is InChI=1S/C15H23N3O4/c1-2-3-4-10-5-7-11(8-6-10)14-13(15(21)22)16-17-18(14)9-12(19)20/h10-11H,2-9H2,1H3,(H,19,20)(H,21,22). The molecule has 7 nitrogen and oxygen atoms in total. The SMILES string of the molecule is CCCCC1CCC(c2c(C(=O)O)nnn2CC(=O)O)CC1. The summed E-state index contributed by atoms with van der Waals surface area (Å²) in [6.07, 6.45) is 7.52. The van der Waals surface area contributed by atoms with Gasteiger partial charge in [-0.15, -0.1) is 5.10 Å². The molecule has 0 aliphatic heterocycles. The molecule has 0 aromatic carbocycles. The van der Waals surface area contributed by atoms with Gasteiger partial charge in [0.1, 0.15) is 6.54 Å². The van der Waals surface area contributed by atoms with Crippen molar-refractivity contribution in [2.24, 2.45) is 5.92 Å². The molecule has 1 saturated carbocycles. The summed E-state index contributed by atoms with van der Waals surface area (Å²) in [5.41, 5.74) is 0.377. The number of carboxylic acids is 2. The molecule has 1 aromatic rings. The average molecular weight is 309 g/mol. The Bertz CT molecular complexity index is 533. The van der Waals surface area contributed by atoms with Crippen LogP contribution < -0.4 is 0 Å². The second kappa shape index (κ2) is 7.38. The molecule has 122 valence electrons. The molecule has 0 spiro atoms. The Kier molecular flexibility index (Phi) is 5.51. The zero-order valence-corrected chi connectivity index (χ0v) is 12.9. The van der Waals surface area contributed by atoms with Crippen molar-refractivity contribution in [1.82, 2.24) is 15.0 Å². The van der Waals surface area contributed by atoms with Gasteiger partial charge in [-0.05, 0) is 31.6 Å². The van der Waals surface area contributed by atoms with Gasteiger partial charge in [-0.25, -0.2) is 9.48 Å². The molecule has 0 amide bonds. The van der Waals surface area contributed by atoms with E-state index in [4.69, 9.17) is 5.11 Å². The van der Waals surface area contributed by atoms with Crippen LogP contribution >= 0.6 is 0 Å². The molecule has 1 aromatic heterocycles. The van der Waals surface area contributed by atoms with E-state index in [-0.39, 0.29) is 18.2 Å². The molecule has 0 atom stereocenters. The number of unbranched alkanes of at least 4 members (excludes halogenated alkanes) is 1. The Morgan fingerprint density at radius 2 is 1.91 bits per heavy atom. The minimum absolute atomic E-state index is 0.0401. The number of hydrogen-bond donors (Lipinski definition) is 2. The highest BCUT2D eigenvalue weighted by molar-refractivity contribution is 5.86. The van der Waals surface area contributed by atoms with Crippen molar-refractivity contribution < 1.29 is 19.8 Å². The van der Waals surface area contributed by atoms with E-state index in [1.807, 2.05) is 0 Å². The van der Waals surface area contributed by atoms with Crippen LogP contribution in [0.5, 0.6) is 0 Å². The predicted molar refractivity (Wildman–Crippen MR) is 78.8 cm³/mol. The molecule has 22 heavy (non-hydrogen) atoms. The Labute approximate surface area is 129 Å². The third kappa shape index (κ3) is 3.84. The molecule has 7 heteroatoms. The third-order valence-corrected chi connectivity index (χ3v) is 4.46. The van der Waals surface area contributed by atoms with Crippen LogP contribution in [0.1, 0.15) is 74.0 Å². The molecule has 2 N–H and O–H groups in total. The molecule has 0 unspecified atom stereocenters. The number of rotatable bonds is 7. The van der Waals surface area contributed by atoms with Crippen molar-refractivity contribution in [3.63, 3.8) is 0 Å². The lowest BCUT2D eigenvalue weighted by Gasteiger charge is -2.28. The van der Waals surface area contributed by atoms with Crippen LogP contribution in [0.2, 0.25) is 0 Å². The molecule has 1 heterocycles. The zero-order valence-electron chi connectivity index (χ0n) is 12.9. The molecular formula is C15H23N3O4. The van der Waals surface area contributed by atoms with Crippen LogP contribution in [0.4, 0.5) is 0 Å². The summed E-state index contributed by atoms with van der Waals surface area (Å²) in [6.45, 7) is 1.84. The van der Waals surface area contributed by atoms with Gasteiger partial charge < -0.3 is 10.2 Å². The number of aliphatic carboxylic acids is 1. The minimum Gasteiger partial charge on any atom is -0.480 e. The van der Waals surface area contributed by atoms with E-state index < -0.39 is 11.9 Å². The molecule has 0 radical (unpaired) electrons. The molecule has 1 fully saturated rings. The van der Waals surface area contributed by atoms with Gasteiger partial charge >= 0.3 is 11.9 Å². The van der Waals surface area contributed by atoms with Gasteiger partial charge in [-0.2, -0.15) is 0 Å². The topological polar surface area (TPSA) is 105 Å². The van der Waals surface area contributed by atoms with Crippen LogP contribution in [-0.2, 0) is 11.3 Å². The van der Waals surface area contributed by atoms with Gasteiger partial charge in [0.2, 0.25) is 0 Å². The lowest BCUT2D eigenvalue weighted by molar-refractivity contribution is -0.138. The normalized spacial score (nSPS) is 21.7. The summed E-state index contributed by atoms with van der Waals surface area (Å²) >= 11 is 0. The lowest BCUT2D eigenvalue weighted by atomic mass is 9.78. The number of nitrogens with zero attached hydrogens (tertiary/aromatic N) is 3. The first-order valence-electron chi connectivity index (χ1n) is 7.91. The maximum atomic E-state index is 11.3. The quantitative estimate of drug-likeness (QED) is 0.801. The Hall–Kier alpha value is -1.92. The Balaban J connectivity index is 2.12. The van der Waals surface area contributed by atoms with Crippen molar-refractivity contribution >= 4 is 11.9 Å². The first-order valence-corrected chi connectivity index (χ1v) is 7.91. The van der Waals surface area contributed by atoms with Crippen LogP contribution in [-0.4, -0.2) is 37.1 Å². The summed E-state index contributed by atoms with van der Waals surface area (Å²) in [6, 6.07) is 0. The molecule has 0 bridgehead atoms. The number of carbonyl (C=O) groups is 2. The highest BCUT2D eigenvalue weighted by Crippen LogP contribution is 2.38. The van der Waals surface area contributed by atoms with Crippen LogP contribution in [0, 0.1) is 5.92 Å². The summed E-state index contributed by atoms with van der Waals surface area (Å²) in [7, 11) is 0. The van der Waals surface area contributed by atoms with Crippen molar-refractivity contribution in [3.05, 3.63) is 11.4 Å². The van der Waals surface area contributed by atoms with E-state index >= 15 is 0 Å². The largest absolute Gasteiger partial charge is 0.480 e. The molecule has 1 aliphatic rings. The van der Waals surface area contributed by atoms with E-state index in [9.17, 15) is 14.7 Å².